The molecule has 1 saturated carbocycles. The molecule has 1 amide bonds. The molecule has 4 nitrogen and oxygen atoms in total. The molecule has 1 aliphatic carbocycles. The minimum absolute atomic E-state index is 0.160. The highest BCUT2D eigenvalue weighted by Crippen LogP contribution is 2.20. The van der Waals surface area contributed by atoms with E-state index in [4.69, 9.17) is 4.74 Å². The summed E-state index contributed by atoms with van der Waals surface area (Å²) in [6.45, 7) is 7.40. The van der Waals surface area contributed by atoms with E-state index >= 15 is 0 Å². The van der Waals surface area contributed by atoms with Gasteiger partial charge in [-0.15, -0.1) is 0 Å². The SMILES string of the molecule is CC(C)(C)OC(=O)N1CCC[C@H](NC2CCCCC2)C1. The minimum Gasteiger partial charge on any atom is -0.444 e. The van der Waals surface area contributed by atoms with Crippen LogP contribution in [0.25, 0.3) is 0 Å². The second kappa shape index (κ2) is 6.79. The molecule has 0 aromatic carbocycles. The fourth-order valence-corrected chi connectivity index (χ4v) is 3.21. The number of likely N-dealkylation sites (tertiary alicyclic amines) is 1. The van der Waals surface area contributed by atoms with Crippen molar-refractivity contribution in [3.63, 3.8) is 0 Å². The highest BCUT2D eigenvalue weighted by atomic mass is 16.6. The molecule has 0 unspecified atom stereocenters. The quantitative estimate of drug-likeness (QED) is 0.845. The van der Waals surface area contributed by atoms with Gasteiger partial charge in [0.05, 0.1) is 0 Å². The fourth-order valence-electron chi connectivity index (χ4n) is 3.21. The summed E-state index contributed by atoms with van der Waals surface area (Å²) >= 11 is 0. The zero-order valence-electron chi connectivity index (χ0n) is 13.3. The molecule has 0 aromatic rings. The standard InChI is InChI=1S/C16H30N2O2/c1-16(2,3)20-15(19)18-11-7-10-14(12-18)17-13-8-5-4-6-9-13/h13-14,17H,4-12H2,1-3H3/t14-/m0/s1. The molecule has 0 bridgehead atoms. The first-order chi connectivity index (χ1) is 9.44. The van der Waals surface area contributed by atoms with E-state index < -0.39 is 5.60 Å². The first kappa shape index (κ1) is 15.6. The summed E-state index contributed by atoms with van der Waals surface area (Å²) in [7, 11) is 0. The number of piperidine rings is 1. The maximum Gasteiger partial charge on any atom is 0.410 e. The first-order valence-corrected chi connectivity index (χ1v) is 8.18. The number of nitrogens with zero attached hydrogens (tertiary/aromatic N) is 1. The number of hydrogen-bond donors (Lipinski definition) is 1. The minimum atomic E-state index is -0.402. The van der Waals surface area contributed by atoms with Crippen molar-refractivity contribution in [3.05, 3.63) is 0 Å². The van der Waals surface area contributed by atoms with Crippen LogP contribution in [-0.4, -0.2) is 41.8 Å². The summed E-state index contributed by atoms with van der Waals surface area (Å²) in [5, 5.41) is 3.76. The molecule has 4 heteroatoms. The Morgan fingerprint density at radius 1 is 1.05 bits per heavy atom. The summed E-state index contributed by atoms with van der Waals surface area (Å²) in [5.41, 5.74) is -0.402. The largest absolute Gasteiger partial charge is 0.444 e. The normalized spacial score (nSPS) is 25.6. The third-order valence-electron chi connectivity index (χ3n) is 4.15. The lowest BCUT2D eigenvalue weighted by molar-refractivity contribution is 0.0181. The van der Waals surface area contributed by atoms with Crippen molar-refractivity contribution in [2.45, 2.75) is 83.4 Å². The highest BCUT2D eigenvalue weighted by Gasteiger charge is 2.28. The number of ether oxygens (including phenoxy) is 1. The highest BCUT2D eigenvalue weighted by molar-refractivity contribution is 5.68. The average molecular weight is 282 g/mol. The third kappa shape index (κ3) is 4.97. The summed E-state index contributed by atoms with van der Waals surface area (Å²) < 4.78 is 5.47. The van der Waals surface area contributed by atoms with Crippen molar-refractivity contribution < 1.29 is 9.53 Å². The van der Waals surface area contributed by atoms with Gasteiger partial charge in [-0.05, 0) is 46.5 Å². The first-order valence-electron chi connectivity index (χ1n) is 8.18. The van der Waals surface area contributed by atoms with Crippen molar-refractivity contribution in [2.75, 3.05) is 13.1 Å². The summed E-state index contributed by atoms with van der Waals surface area (Å²) in [6.07, 6.45) is 8.76. The Morgan fingerprint density at radius 3 is 2.35 bits per heavy atom. The van der Waals surface area contributed by atoms with Gasteiger partial charge in [-0.1, -0.05) is 19.3 Å². The van der Waals surface area contributed by atoms with Crippen LogP contribution in [0.15, 0.2) is 0 Å². The summed E-state index contributed by atoms with van der Waals surface area (Å²) in [5.74, 6) is 0. The van der Waals surface area contributed by atoms with E-state index in [1.807, 2.05) is 25.7 Å². The fraction of sp³-hybridized carbons (Fsp3) is 0.938. The van der Waals surface area contributed by atoms with Crippen LogP contribution in [0, 0.1) is 0 Å². The second-order valence-corrected chi connectivity index (χ2v) is 7.27. The molecule has 116 valence electrons. The molecule has 1 N–H and O–H groups in total. The van der Waals surface area contributed by atoms with Gasteiger partial charge in [0.25, 0.3) is 0 Å². The molecule has 1 atom stereocenters. The van der Waals surface area contributed by atoms with Gasteiger partial charge in [0.2, 0.25) is 0 Å². The van der Waals surface area contributed by atoms with Crippen LogP contribution in [0.1, 0.15) is 65.7 Å². The molecule has 0 radical (unpaired) electrons. The van der Waals surface area contributed by atoms with Gasteiger partial charge in [-0.25, -0.2) is 4.79 Å². The molecule has 20 heavy (non-hydrogen) atoms. The Bertz CT molecular complexity index is 319. The predicted molar refractivity (Wildman–Crippen MR) is 80.8 cm³/mol. The van der Waals surface area contributed by atoms with Crippen LogP contribution < -0.4 is 5.32 Å². The van der Waals surface area contributed by atoms with Crippen molar-refractivity contribution >= 4 is 6.09 Å². The van der Waals surface area contributed by atoms with E-state index in [-0.39, 0.29) is 6.09 Å². The van der Waals surface area contributed by atoms with Gasteiger partial charge in [-0.3, -0.25) is 0 Å². The second-order valence-electron chi connectivity index (χ2n) is 7.27. The molecule has 1 heterocycles. The van der Waals surface area contributed by atoms with Gasteiger partial charge < -0.3 is 15.0 Å². The van der Waals surface area contributed by atoms with E-state index in [9.17, 15) is 4.79 Å². The van der Waals surface area contributed by atoms with E-state index in [1.165, 1.54) is 38.5 Å². The Morgan fingerprint density at radius 2 is 1.70 bits per heavy atom. The van der Waals surface area contributed by atoms with Crippen molar-refractivity contribution in [1.82, 2.24) is 10.2 Å². The zero-order chi connectivity index (χ0) is 14.6. The Kier molecular flexibility index (Phi) is 5.30. The molecule has 2 rings (SSSR count). The number of carbonyl (C=O) groups is 1. The predicted octanol–water partition coefficient (Wildman–Crippen LogP) is 3.31. The molecule has 2 fully saturated rings. The van der Waals surface area contributed by atoms with Gasteiger partial charge in [0, 0.05) is 25.2 Å². The van der Waals surface area contributed by atoms with Crippen LogP contribution >= 0.6 is 0 Å². The molecule has 1 aliphatic heterocycles. The lowest BCUT2D eigenvalue weighted by Crippen LogP contribution is -2.51. The van der Waals surface area contributed by atoms with Crippen LogP contribution in [0.4, 0.5) is 4.79 Å². The lowest BCUT2D eigenvalue weighted by atomic mass is 9.94. The lowest BCUT2D eigenvalue weighted by Gasteiger charge is -2.37. The van der Waals surface area contributed by atoms with E-state index in [0.717, 1.165) is 19.5 Å². The van der Waals surface area contributed by atoms with Crippen molar-refractivity contribution in [3.8, 4) is 0 Å². The maximum absolute atomic E-state index is 12.1. The topological polar surface area (TPSA) is 41.6 Å². The Hall–Kier alpha value is -0.770. The molecule has 0 spiro atoms. The Balaban J connectivity index is 1.80. The third-order valence-corrected chi connectivity index (χ3v) is 4.15. The van der Waals surface area contributed by atoms with Crippen molar-refractivity contribution in [2.24, 2.45) is 0 Å². The van der Waals surface area contributed by atoms with E-state index in [2.05, 4.69) is 5.32 Å². The van der Waals surface area contributed by atoms with Crippen molar-refractivity contribution in [1.29, 1.82) is 0 Å². The van der Waals surface area contributed by atoms with Crippen LogP contribution in [0.2, 0.25) is 0 Å². The van der Waals surface area contributed by atoms with Gasteiger partial charge >= 0.3 is 6.09 Å². The number of nitrogens with one attached hydrogen (secondary N) is 1. The number of carbonyl (C=O) groups excluding carboxylic acids is 1. The number of rotatable bonds is 2. The molecule has 2 aliphatic rings. The number of hydrogen-bond acceptors (Lipinski definition) is 3. The van der Waals surface area contributed by atoms with E-state index in [1.54, 1.807) is 0 Å². The maximum atomic E-state index is 12.1. The zero-order valence-corrected chi connectivity index (χ0v) is 13.3. The van der Waals surface area contributed by atoms with Gasteiger partial charge in [-0.2, -0.15) is 0 Å². The van der Waals surface area contributed by atoms with Gasteiger partial charge in [0.15, 0.2) is 0 Å². The molecular weight excluding hydrogens is 252 g/mol. The Labute approximate surface area is 123 Å². The number of amides is 1. The monoisotopic (exact) mass is 282 g/mol. The van der Waals surface area contributed by atoms with E-state index in [0.29, 0.717) is 12.1 Å². The van der Waals surface area contributed by atoms with Crippen LogP contribution in [0.3, 0.4) is 0 Å². The molecule has 0 aromatic heterocycles. The van der Waals surface area contributed by atoms with Crippen LogP contribution in [-0.2, 0) is 4.74 Å². The average Bonchev–Trinajstić information content (AvgIpc) is 2.38. The molecule has 1 saturated heterocycles. The van der Waals surface area contributed by atoms with Gasteiger partial charge in [0.1, 0.15) is 5.60 Å². The summed E-state index contributed by atoms with van der Waals surface area (Å²) in [4.78, 5) is 14.0. The molecular formula is C16H30N2O2. The van der Waals surface area contributed by atoms with Crippen LogP contribution in [0.5, 0.6) is 0 Å². The summed E-state index contributed by atoms with van der Waals surface area (Å²) in [6, 6.07) is 1.10. The smallest absolute Gasteiger partial charge is 0.410 e.